The highest BCUT2D eigenvalue weighted by Gasteiger charge is 2.23. The van der Waals surface area contributed by atoms with Crippen LogP contribution in [0, 0.1) is 13.8 Å². The zero-order chi connectivity index (χ0) is 14.9. The van der Waals surface area contributed by atoms with Crippen LogP contribution in [0.4, 0.5) is 0 Å². The number of phenols is 1. The molecule has 1 aliphatic rings. The number of aryl methyl sites for hydroxylation is 1. The summed E-state index contributed by atoms with van der Waals surface area (Å²) in [4.78, 5) is 2.36. The molecular weight excluding hydrogens is 250 g/mol. The van der Waals surface area contributed by atoms with Gasteiger partial charge in [-0.15, -0.1) is 0 Å². The van der Waals surface area contributed by atoms with E-state index in [-0.39, 0.29) is 5.41 Å². The molecule has 0 saturated carbocycles. The van der Waals surface area contributed by atoms with Gasteiger partial charge in [-0.3, -0.25) is 4.90 Å². The van der Waals surface area contributed by atoms with Crippen LogP contribution < -0.4 is 0 Å². The highest BCUT2D eigenvalue weighted by molar-refractivity contribution is 5.50. The van der Waals surface area contributed by atoms with Crippen LogP contribution in [0.2, 0.25) is 0 Å². The summed E-state index contributed by atoms with van der Waals surface area (Å²) in [6.07, 6.45) is 0. The van der Waals surface area contributed by atoms with E-state index in [1.165, 1.54) is 11.1 Å². The second-order valence-electron chi connectivity index (χ2n) is 6.83. The van der Waals surface area contributed by atoms with Gasteiger partial charge >= 0.3 is 0 Å². The van der Waals surface area contributed by atoms with E-state index < -0.39 is 0 Å². The van der Waals surface area contributed by atoms with Crippen LogP contribution >= 0.6 is 0 Å². The van der Waals surface area contributed by atoms with Crippen molar-refractivity contribution in [3.63, 3.8) is 0 Å². The Hall–Kier alpha value is -1.06. The maximum absolute atomic E-state index is 10.4. The fraction of sp³-hybridized carbons (Fsp3) is 0.647. The Morgan fingerprint density at radius 3 is 2.35 bits per heavy atom. The number of hydrogen-bond donors (Lipinski definition) is 1. The third kappa shape index (κ3) is 3.15. The third-order valence-electron chi connectivity index (χ3n) is 4.17. The Bertz CT molecular complexity index is 483. The van der Waals surface area contributed by atoms with Gasteiger partial charge in [0.05, 0.1) is 13.2 Å². The van der Waals surface area contributed by atoms with Crippen LogP contribution in [-0.4, -0.2) is 36.3 Å². The van der Waals surface area contributed by atoms with Gasteiger partial charge in [-0.05, 0) is 36.0 Å². The molecule has 0 aromatic heterocycles. The molecule has 1 aromatic rings. The Morgan fingerprint density at radius 2 is 1.80 bits per heavy atom. The Labute approximate surface area is 122 Å². The van der Waals surface area contributed by atoms with Gasteiger partial charge in [0.1, 0.15) is 5.75 Å². The maximum Gasteiger partial charge on any atom is 0.123 e. The normalized spacial score (nSPS) is 17.4. The van der Waals surface area contributed by atoms with Gasteiger partial charge in [0.15, 0.2) is 0 Å². The van der Waals surface area contributed by atoms with Gasteiger partial charge in [-0.1, -0.05) is 26.8 Å². The zero-order valence-electron chi connectivity index (χ0n) is 13.4. The van der Waals surface area contributed by atoms with Crippen molar-refractivity contribution >= 4 is 0 Å². The summed E-state index contributed by atoms with van der Waals surface area (Å²) in [5, 5.41) is 10.4. The standard InChI is InChI=1S/C17H27NO2/c1-12-10-15(17(3,4)5)13(2)14(16(12)19)11-18-6-8-20-9-7-18/h10,19H,6-9,11H2,1-5H3. The number of aromatic hydroxyl groups is 1. The molecule has 1 aliphatic heterocycles. The first-order valence-corrected chi connectivity index (χ1v) is 7.43. The summed E-state index contributed by atoms with van der Waals surface area (Å²) in [5.41, 5.74) is 4.71. The number of phenolic OH excluding ortho intramolecular Hbond substituents is 1. The summed E-state index contributed by atoms with van der Waals surface area (Å²) in [6.45, 7) is 15.1. The lowest BCUT2D eigenvalue weighted by atomic mass is 9.81. The molecule has 2 rings (SSSR count). The molecule has 1 heterocycles. The van der Waals surface area contributed by atoms with Crippen molar-refractivity contribution in [3.05, 3.63) is 28.3 Å². The molecule has 0 unspecified atom stereocenters. The predicted molar refractivity (Wildman–Crippen MR) is 82.4 cm³/mol. The van der Waals surface area contributed by atoms with Gasteiger partial charge < -0.3 is 9.84 Å². The number of morpholine rings is 1. The molecule has 112 valence electrons. The fourth-order valence-electron chi connectivity index (χ4n) is 2.93. The van der Waals surface area contributed by atoms with Crippen molar-refractivity contribution in [2.24, 2.45) is 0 Å². The number of nitrogens with zero attached hydrogens (tertiary/aromatic N) is 1. The Kier molecular flexibility index (Phi) is 4.40. The number of hydrogen-bond acceptors (Lipinski definition) is 3. The summed E-state index contributed by atoms with van der Waals surface area (Å²) in [5.74, 6) is 0.460. The van der Waals surface area contributed by atoms with E-state index in [0.29, 0.717) is 5.75 Å². The molecule has 0 amide bonds. The van der Waals surface area contributed by atoms with E-state index in [1.807, 2.05) is 6.92 Å². The van der Waals surface area contributed by atoms with Crippen molar-refractivity contribution in [1.29, 1.82) is 0 Å². The van der Waals surface area contributed by atoms with E-state index in [0.717, 1.165) is 44.0 Å². The highest BCUT2D eigenvalue weighted by atomic mass is 16.5. The van der Waals surface area contributed by atoms with Crippen LogP contribution in [0.3, 0.4) is 0 Å². The van der Waals surface area contributed by atoms with Crippen molar-refractivity contribution in [2.75, 3.05) is 26.3 Å². The molecule has 3 nitrogen and oxygen atoms in total. The molecule has 0 radical (unpaired) electrons. The lowest BCUT2D eigenvalue weighted by Crippen LogP contribution is -2.36. The minimum Gasteiger partial charge on any atom is -0.507 e. The van der Waals surface area contributed by atoms with E-state index >= 15 is 0 Å². The van der Waals surface area contributed by atoms with Crippen LogP contribution in [0.5, 0.6) is 5.75 Å². The third-order valence-corrected chi connectivity index (χ3v) is 4.17. The van der Waals surface area contributed by atoms with Gasteiger partial charge in [-0.2, -0.15) is 0 Å². The maximum atomic E-state index is 10.4. The molecule has 0 bridgehead atoms. The Balaban J connectivity index is 2.37. The quantitative estimate of drug-likeness (QED) is 0.901. The minimum atomic E-state index is 0.0995. The van der Waals surface area contributed by atoms with E-state index in [4.69, 9.17) is 4.74 Å². The molecule has 1 aromatic carbocycles. The lowest BCUT2D eigenvalue weighted by Gasteiger charge is -2.30. The molecule has 0 aliphatic carbocycles. The second kappa shape index (κ2) is 5.74. The van der Waals surface area contributed by atoms with Gasteiger partial charge in [-0.25, -0.2) is 0 Å². The molecule has 1 N–H and O–H groups in total. The van der Waals surface area contributed by atoms with E-state index in [2.05, 4.69) is 38.7 Å². The van der Waals surface area contributed by atoms with Crippen molar-refractivity contribution in [2.45, 2.75) is 46.6 Å². The van der Waals surface area contributed by atoms with Crippen molar-refractivity contribution in [1.82, 2.24) is 4.90 Å². The van der Waals surface area contributed by atoms with E-state index in [9.17, 15) is 5.11 Å². The zero-order valence-corrected chi connectivity index (χ0v) is 13.4. The monoisotopic (exact) mass is 277 g/mol. The summed E-state index contributed by atoms with van der Waals surface area (Å²) in [6, 6.07) is 2.13. The number of benzene rings is 1. The molecule has 3 heteroatoms. The van der Waals surface area contributed by atoms with Crippen molar-refractivity contribution < 1.29 is 9.84 Å². The summed E-state index contributed by atoms with van der Waals surface area (Å²) >= 11 is 0. The highest BCUT2D eigenvalue weighted by Crippen LogP contribution is 2.35. The predicted octanol–water partition coefficient (Wildman–Crippen LogP) is 3.14. The Morgan fingerprint density at radius 1 is 1.20 bits per heavy atom. The van der Waals surface area contributed by atoms with Gasteiger partial charge in [0, 0.05) is 25.2 Å². The smallest absolute Gasteiger partial charge is 0.123 e. The van der Waals surface area contributed by atoms with E-state index in [1.54, 1.807) is 0 Å². The van der Waals surface area contributed by atoms with Crippen LogP contribution in [-0.2, 0) is 16.7 Å². The molecular formula is C17H27NO2. The van der Waals surface area contributed by atoms with Crippen LogP contribution in [0.1, 0.15) is 43.0 Å². The SMILES string of the molecule is Cc1cc(C(C)(C)C)c(C)c(CN2CCOCC2)c1O. The number of rotatable bonds is 2. The largest absolute Gasteiger partial charge is 0.507 e. The van der Waals surface area contributed by atoms with Crippen LogP contribution in [0.15, 0.2) is 6.07 Å². The molecule has 1 fully saturated rings. The summed E-state index contributed by atoms with van der Waals surface area (Å²) < 4.78 is 5.40. The molecule has 1 saturated heterocycles. The minimum absolute atomic E-state index is 0.0995. The summed E-state index contributed by atoms with van der Waals surface area (Å²) in [7, 11) is 0. The second-order valence-corrected chi connectivity index (χ2v) is 6.83. The van der Waals surface area contributed by atoms with Gasteiger partial charge in [0.25, 0.3) is 0 Å². The first kappa shape index (κ1) is 15.3. The fourth-order valence-corrected chi connectivity index (χ4v) is 2.93. The topological polar surface area (TPSA) is 32.7 Å². The first-order chi connectivity index (χ1) is 9.30. The van der Waals surface area contributed by atoms with Crippen molar-refractivity contribution in [3.8, 4) is 5.75 Å². The average molecular weight is 277 g/mol. The van der Waals surface area contributed by atoms with Gasteiger partial charge in [0.2, 0.25) is 0 Å². The molecule has 0 atom stereocenters. The molecule has 20 heavy (non-hydrogen) atoms. The van der Waals surface area contributed by atoms with Crippen LogP contribution in [0.25, 0.3) is 0 Å². The molecule has 0 spiro atoms. The lowest BCUT2D eigenvalue weighted by molar-refractivity contribution is 0.0337. The average Bonchev–Trinajstić information content (AvgIpc) is 2.39. The first-order valence-electron chi connectivity index (χ1n) is 7.43. The number of ether oxygens (including phenoxy) is 1.